The van der Waals surface area contributed by atoms with Crippen molar-refractivity contribution in [3.05, 3.63) is 35.9 Å². The van der Waals surface area contributed by atoms with Gasteiger partial charge >= 0.3 is 0 Å². The average Bonchev–Trinajstić information content (AvgIpc) is 2.17. The maximum Gasteiger partial charge on any atom is 0.267 e. The molecule has 0 aliphatic carbocycles. The Hall–Kier alpha value is -1.20. The molecule has 1 aromatic rings. The van der Waals surface area contributed by atoms with Crippen LogP contribution < -0.4 is 0 Å². The summed E-state index contributed by atoms with van der Waals surface area (Å²) < 4.78 is 19.9. The Balaban J connectivity index is 2.86. The molecule has 0 saturated carbocycles. The second-order valence-electron chi connectivity index (χ2n) is 2.40. The lowest BCUT2D eigenvalue weighted by Crippen LogP contribution is -2.28. The van der Waals surface area contributed by atoms with Crippen molar-refractivity contribution in [2.45, 2.75) is 0 Å². The first-order valence-electron chi connectivity index (χ1n) is 3.57. The molecule has 1 aromatic carbocycles. The molecule has 4 nitrogen and oxygen atoms in total. The molecule has 1 unspecified atom stereocenters. The maximum atomic E-state index is 11.4. The zero-order valence-corrected chi connectivity index (χ0v) is 7.82. The first kappa shape index (κ1) is 9.88. The van der Waals surface area contributed by atoms with Crippen molar-refractivity contribution in [2.24, 2.45) is 0 Å². The van der Waals surface area contributed by atoms with Crippen LogP contribution in [0.3, 0.4) is 0 Å². The largest absolute Gasteiger partial charge is 0.289 e. The van der Waals surface area contributed by atoms with Gasteiger partial charge in [-0.1, -0.05) is 18.2 Å². The minimum Gasteiger partial charge on any atom is -0.289 e. The van der Waals surface area contributed by atoms with E-state index in [9.17, 15) is 9.00 Å². The van der Waals surface area contributed by atoms with Crippen LogP contribution in [-0.2, 0) is 11.3 Å². The predicted molar refractivity (Wildman–Crippen MR) is 49.3 cm³/mol. The molecule has 0 aliphatic rings. The van der Waals surface area contributed by atoms with E-state index in [4.69, 9.17) is 4.55 Å². The molecule has 1 atom stereocenters. The number of benzene rings is 1. The number of hydrogen-bond donors (Lipinski definition) is 1. The molecule has 5 heteroatoms. The fourth-order valence-electron chi connectivity index (χ4n) is 0.833. The number of hydrogen-bond acceptors (Lipinski definition) is 2. The summed E-state index contributed by atoms with van der Waals surface area (Å²) in [5.41, 5.74) is 0.396. The molecule has 1 rings (SSSR count). The zero-order valence-electron chi connectivity index (χ0n) is 7.01. The standard InChI is InChI=1S/C8H9NO3S/c1-9(13(11)12)8(10)7-5-3-2-4-6-7/h2-6H,1H3,(H,11,12). The number of nitrogens with zero attached hydrogens (tertiary/aromatic N) is 1. The molecule has 0 heterocycles. The maximum absolute atomic E-state index is 11.4. The molecular weight excluding hydrogens is 190 g/mol. The van der Waals surface area contributed by atoms with Crippen LogP contribution in [0.15, 0.2) is 30.3 Å². The van der Waals surface area contributed by atoms with E-state index in [1.165, 1.54) is 7.05 Å². The van der Waals surface area contributed by atoms with Crippen molar-refractivity contribution in [3.8, 4) is 0 Å². The Labute approximate surface area is 78.6 Å². The van der Waals surface area contributed by atoms with E-state index in [0.717, 1.165) is 4.31 Å². The molecular formula is C8H9NO3S. The zero-order chi connectivity index (χ0) is 9.84. The van der Waals surface area contributed by atoms with Gasteiger partial charge in [-0.3, -0.25) is 9.35 Å². The van der Waals surface area contributed by atoms with Gasteiger partial charge in [0, 0.05) is 12.6 Å². The van der Waals surface area contributed by atoms with Gasteiger partial charge in [-0.2, -0.15) is 0 Å². The van der Waals surface area contributed by atoms with E-state index in [1.807, 2.05) is 0 Å². The average molecular weight is 199 g/mol. The molecule has 1 N–H and O–H groups in total. The van der Waals surface area contributed by atoms with Crippen LogP contribution in [0.2, 0.25) is 0 Å². The second-order valence-corrected chi connectivity index (χ2v) is 3.41. The van der Waals surface area contributed by atoms with Crippen LogP contribution in [0.1, 0.15) is 10.4 Å². The van der Waals surface area contributed by atoms with E-state index in [0.29, 0.717) is 5.56 Å². The number of carbonyl (C=O) groups is 1. The molecule has 13 heavy (non-hydrogen) atoms. The molecule has 70 valence electrons. The minimum absolute atomic E-state index is 0.396. The van der Waals surface area contributed by atoms with Crippen LogP contribution in [-0.4, -0.2) is 26.0 Å². The third-order valence-corrected chi connectivity index (χ3v) is 2.18. The van der Waals surface area contributed by atoms with Gasteiger partial charge in [0.25, 0.3) is 17.2 Å². The number of rotatable bonds is 2. The Morgan fingerprint density at radius 2 is 1.92 bits per heavy atom. The van der Waals surface area contributed by atoms with Crippen molar-refractivity contribution >= 4 is 17.2 Å². The van der Waals surface area contributed by atoms with Crippen LogP contribution in [0.5, 0.6) is 0 Å². The Kier molecular flexibility index (Phi) is 3.16. The van der Waals surface area contributed by atoms with Gasteiger partial charge < -0.3 is 0 Å². The van der Waals surface area contributed by atoms with Crippen LogP contribution in [0.4, 0.5) is 0 Å². The van der Waals surface area contributed by atoms with Crippen molar-refractivity contribution < 1.29 is 13.6 Å². The summed E-state index contributed by atoms with van der Waals surface area (Å²) in [7, 11) is 1.27. The van der Waals surface area contributed by atoms with Gasteiger partial charge in [-0.25, -0.2) is 8.51 Å². The van der Waals surface area contributed by atoms with Crippen molar-refractivity contribution in [1.29, 1.82) is 0 Å². The van der Waals surface area contributed by atoms with E-state index >= 15 is 0 Å². The normalized spacial score (nSPS) is 12.2. The molecule has 0 spiro atoms. The fourth-order valence-corrected chi connectivity index (χ4v) is 1.08. The molecule has 0 saturated heterocycles. The summed E-state index contributed by atoms with van der Waals surface area (Å²) in [5.74, 6) is -0.471. The Morgan fingerprint density at radius 1 is 1.38 bits per heavy atom. The second kappa shape index (κ2) is 4.15. The lowest BCUT2D eigenvalue weighted by atomic mass is 10.2. The first-order chi connectivity index (χ1) is 6.13. The molecule has 0 aliphatic heterocycles. The van der Waals surface area contributed by atoms with Gasteiger partial charge in [-0.05, 0) is 12.1 Å². The quantitative estimate of drug-likeness (QED) is 0.720. The van der Waals surface area contributed by atoms with Crippen LogP contribution in [0, 0.1) is 0 Å². The summed E-state index contributed by atoms with van der Waals surface area (Å²) in [6.07, 6.45) is 0. The molecule has 0 bridgehead atoms. The third kappa shape index (κ3) is 2.37. The predicted octanol–water partition coefficient (Wildman–Crippen LogP) is 0.895. The van der Waals surface area contributed by atoms with E-state index in [-0.39, 0.29) is 0 Å². The van der Waals surface area contributed by atoms with Crippen LogP contribution >= 0.6 is 0 Å². The van der Waals surface area contributed by atoms with Gasteiger partial charge in [0.05, 0.1) is 0 Å². The van der Waals surface area contributed by atoms with Gasteiger partial charge in [0.2, 0.25) is 0 Å². The number of carbonyl (C=O) groups excluding carboxylic acids is 1. The van der Waals surface area contributed by atoms with E-state index in [1.54, 1.807) is 30.3 Å². The van der Waals surface area contributed by atoms with E-state index in [2.05, 4.69) is 0 Å². The molecule has 0 fully saturated rings. The van der Waals surface area contributed by atoms with Gasteiger partial charge in [0.15, 0.2) is 0 Å². The highest BCUT2D eigenvalue weighted by molar-refractivity contribution is 7.77. The van der Waals surface area contributed by atoms with E-state index < -0.39 is 17.2 Å². The summed E-state index contributed by atoms with van der Waals surface area (Å²) in [5, 5.41) is 0. The monoisotopic (exact) mass is 199 g/mol. The number of amides is 1. The van der Waals surface area contributed by atoms with Crippen molar-refractivity contribution in [3.63, 3.8) is 0 Å². The fraction of sp³-hybridized carbons (Fsp3) is 0.125. The summed E-state index contributed by atoms with van der Waals surface area (Å²) in [6, 6.07) is 8.34. The van der Waals surface area contributed by atoms with Crippen LogP contribution in [0.25, 0.3) is 0 Å². The highest BCUT2D eigenvalue weighted by atomic mass is 32.2. The summed E-state index contributed by atoms with van der Waals surface area (Å²) in [6.45, 7) is 0. The Morgan fingerprint density at radius 3 is 2.38 bits per heavy atom. The molecule has 0 radical (unpaired) electrons. The lowest BCUT2D eigenvalue weighted by molar-refractivity contribution is 0.0881. The molecule has 1 amide bonds. The highest BCUT2D eigenvalue weighted by Gasteiger charge is 2.14. The summed E-state index contributed by atoms with van der Waals surface area (Å²) in [4.78, 5) is 11.4. The van der Waals surface area contributed by atoms with Crippen molar-refractivity contribution in [2.75, 3.05) is 7.05 Å². The first-order valence-corrected chi connectivity index (χ1v) is 4.63. The summed E-state index contributed by atoms with van der Waals surface area (Å²) >= 11 is -2.26. The highest BCUT2D eigenvalue weighted by Crippen LogP contribution is 2.03. The van der Waals surface area contributed by atoms with Gasteiger partial charge in [0.1, 0.15) is 0 Å². The third-order valence-electron chi connectivity index (χ3n) is 1.54. The molecule has 0 aromatic heterocycles. The Bertz CT molecular complexity index is 325. The van der Waals surface area contributed by atoms with Crippen molar-refractivity contribution in [1.82, 2.24) is 4.31 Å². The lowest BCUT2D eigenvalue weighted by Gasteiger charge is -2.10. The SMILES string of the molecule is CN(C(=O)c1ccccc1)S(=O)O. The topological polar surface area (TPSA) is 57.6 Å². The minimum atomic E-state index is -2.26. The smallest absolute Gasteiger partial charge is 0.267 e. The van der Waals surface area contributed by atoms with Gasteiger partial charge in [-0.15, -0.1) is 0 Å².